The Bertz CT molecular complexity index is 2210. The van der Waals surface area contributed by atoms with Crippen LogP contribution in [-0.4, -0.2) is 40.3 Å². The highest BCUT2D eigenvalue weighted by atomic mass is 35.5. The van der Waals surface area contributed by atoms with E-state index in [9.17, 15) is 9.59 Å². The lowest BCUT2D eigenvalue weighted by Crippen LogP contribution is -2.09. The van der Waals surface area contributed by atoms with E-state index < -0.39 is 11.9 Å². The minimum atomic E-state index is -0.419. The Kier molecular flexibility index (Phi) is 10.4. The number of halogens is 1. The number of benzene rings is 4. The Morgan fingerprint density at radius 3 is 1.73 bits per heavy atom. The third-order valence-electron chi connectivity index (χ3n) is 8.63. The molecule has 0 radical (unpaired) electrons. The van der Waals surface area contributed by atoms with Crippen molar-refractivity contribution in [3.05, 3.63) is 141 Å². The van der Waals surface area contributed by atoms with Crippen LogP contribution in [0, 0.1) is 4.64 Å². The standard InChI is InChI=1S/C40H36ClN3O4S/c1-4-5-16-36-42-37-34(43(36)24-26-17-19-30(28-12-8-6-9-13-28)32(21-26)39(45)47-2)23-35(41)44(38(37)49)25-27-18-20-31(29-14-10-7-11-15-29)33(22-27)40(46)48-3/h6-15,17-23H,4-5,16,24-25H2,1-3H3. The third kappa shape index (κ3) is 7.07. The van der Waals surface area contributed by atoms with E-state index in [4.69, 9.17) is 38.3 Å². The Hall–Kier alpha value is -5.05. The van der Waals surface area contributed by atoms with Crippen LogP contribution < -0.4 is 0 Å². The lowest BCUT2D eigenvalue weighted by molar-refractivity contribution is 0.0592. The summed E-state index contributed by atoms with van der Waals surface area (Å²) < 4.78 is 14.8. The third-order valence-corrected chi connectivity index (χ3v) is 9.36. The molecule has 0 atom stereocenters. The first kappa shape index (κ1) is 33.8. The molecule has 0 aliphatic rings. The highest BCUT2D eigenvalue weighted by molar-refractivity contribution is 7.71. The molecule has 0 saturated carbocycles. The molecule has 7 nitrogen and oxygen atoms in total. The zero-order valence-electron chi connectivity index (χ0n) is 27.6. The van der Waals surface area contributed by atoms with Gasteiger partial charge in [0.15, 0.2) is 0 Å². The fraction of sp³-hybridized carbons (Fsp3) is 0.200. The van der Waals surface area contributed by atoms with Gasteiger partial charge >= 0.3 is 11.9 Å². The van der Waals surface area contributed by atoms with Gasteiger partial charge in [0.2, 0.25) is 0 Å². The summed E-state index contributed by atoms with van der Waals surface area (Å²) in [6.45, 7) is 2.95. The van der Waals surface area contributed by atoms with E-state index in [1.807, 2.05) is 108 Å². The number of carbonyl (C=O) groups is 2. The van der Waals surface area contributed by atoms with Crippen LogP contribution in [0.5, 0.6) is 0 Å². The number of hydrogen-bond acceptors (Lipinski definition) is 6. The Balaban J connectivity index is 1.40. The number of hydrogen-bond donors (Lipinski definition) is 0. The van der Waals surface area contributed by atoms with Crippen LogP contribution in [-0.2, 0) is 29.0 Å². The van der Waals surface area contributed by atoms with Crippen LogP contribution in [0.25, 0.3) is 33.3 Å². The summed E-state index contributed by atoms with van der Waals surface area (Å²) >= 11 is 13.0. The number of imidazole rings is 1. The average Bonchev–Trinajstić information content (AvgIpc) is 3.48. The molecule has 0 aliphatic heterocycles. The predicted octanol–water partition coefficient (Wildman–Crippen LogP) is 9.57. The van der Waals surface area contributed by atoms with Gasteiger partial charge in [-0.2, -0.15) is 0 Å². The van der Waals surface area contributed by atoms with E-state index in [0.717, 1.165) is 64.0 Å². The summed E-state index contributed by atoms with van der Waals surface area (Å²) in [7, 11) is 2.78. The second-order valence-corrected chi connectivity index (χ2v) is 12.6. The Morgan fingerprint density at radius 2 is 1.24 bits per heavy atom. The molecule has 0 saturated heterocycles. The number of fused-ring (bicyclic) bond motifs is 1. The van der Waals surface area contributed by atoms with Crippen LogP contribution in [0.4, 0.5) is 0 Å². The molecular formula is C40H36ClN3O4S. The predicted molar refractivity (Wildman–Crippen MR) is 197 cm³/mol. The van der Waals surface area contributed by atoms with Crippen LogP contribution in [0.1, 0.15) is 57.4 Å². The van der Waals surface area contributed by atoms with E-state index >= 15 is 0 Å². The molecule has 9 heteroatoms. The van der Waals surface area contributed by atoms with Gasteiger partial charge in [-0.3, -0.25) is 0 Å². The largest absolute Gasteiger partial charge is 0.465 e. The summed E-state index contributed by atoms with van der Waals surface area (Å²) in [5.41, 5.74) is 7.67. The number of esters is 2. The van der Waals surface area contributed by atoms with Gasteiger partial charge in [-0.15, -0.1) is 0 Å². The fourth-order valence-corrected chi connectivity index (χ4v) is 6.73. The number of nitrogens with zero attached hydrogens (tertiary/aromatic N) is 3. The maximum atomic E-state index is 12.9. The van der Waals surface area contributed by atoms with E-state index in [1.165, 1.54) is 14.2 Å². The molecule has 0 unspecified atom stereocenters. The SMILES string of the molecule is CCCCc1nc2c(=S)n(Cc3ccc(-c4ccccc4)c(C(=O)OC)c3)c(Cl)cc2n1Cc1ccc(-c2ccccc2)c(C(=O)OC)c1. The van der Waals surface area contributed by atoms with Gasteiger partial charge in [-0.05, 0) is 58.0 Å². The van der Waals surface area contributed by atoms with Crippen LogP contribution in [0.3, 0.4) is 0 Å². The summed E-state index contributed by atoms with van der Waals surface area (Å²) in [6, 6.07) is 33.0. The first-order chi connectivity index (χ1) is 23.8. The van der Waals surface area contributed by atoms with E-state index in [-0.39, 0.29) is 0 Å². The molecule has 0 N–H and O–H groups in total. The van der Waals surface area contributed by atoms with Gasteiger partial charge in [0, 0.05) is 19.5 Å². The monoisotopic (exact) mass is 689 g/mol. The van der Waals surface area contributed by atoms with Crippen molar-refractivity contribution in [1.82, 2.24) is 14.1 Å². The topological polar surface area (TPSA) is 75.4 Å². The van der Waals surface area contributed by atoms with Gasteiger partial charge < -0.3 is 18.6 Å². The molecule has 6 aromatic rings. The minimum Gasteiger partial charge on any atom is -0.465 e. The van der Waals surface area contributed by atoms with Crippen molar-refractivity contribution in [1.29, 1.82) is 0 Å². The molecule has 2 aromatic heterocycles. The van der Waals surface area contributed by atoms with Gasteiger partial charge in [0.05, 0.1) is 30.9 Å². The van der Waals surface area contributed by atoms with Crippen LogP contribution in [0.15, 0.2) is 103 Å². The van der Waals surface area contributed by atoms with Gasteiger partial charge in [-0.25, -0.2) is 14.6 Å². The van der Waals surface area contributed by atoms with Crippen LogP contribution in [0.2, 0.25) is 5.15 Å². The van der Waals surface area contributed by atoms with Crippen molar-refractivity contribution in [3.8, 4) is 22.3 Å². The summed E-state index contributed by atoms with van der Waals surface area (Å²) in [5.74, 6) is 0.0764. The Labute approximate surface area is 295 Å². The normalized spacial score (nSPS) is 11.1. The number of methoxy groups -OCH3 is 2. The number of aromatic nitrogens is 3. The van der Waals surface area contributed by atoms with Crippen molar-refractivity contribution in [2.75, 3.05) is 14.2 Å². The van der Waals surface area contributed by atoms with Crippen molar-refractivity contribution in [2.24, 2.45) is 0 Å². The summed E-state index contributed by atoms with van der Waals surface area (Å²) in [4.78, 5) is 30.8. The smallest absolute Gasteiger partial charge is 0.338 e. The molecular weight excluding hydrogens is 654 g/mol. The zero-order valence-corrected chi connectivity index (χ0v) is 29.2. The first-order valence-corrected chi connectivity index (χ1v) is 16.9. The quantitative estimate of drug-likeness (QED) is 0.0766. The molecule has 0 fully saturated rings. The molecule has 0 bridgehead atoms. The number of ether oxygens (including phenoxy) is 2. The van der Waals surface area contributed by atoms with Gasteiger partial charge in [-0.1, -0.05) is 122 Å². The molecule has 4 aromatic carbocycles. The number of pyridine rings is 1. The highest BCUT2D eigenvalue weighted by Crippen LogP contribution is 2.30. The molecule has 0 amide bonds. The molecule has 248 valence electrons. The second kappa shape index (κ2) is 15.0. The number of aryl methyl sites for hydroxylation is 1. The molecule has 0 aliphatic carbocycles. The lowest BCUT2D eigenvalue weighted by Gasteiger charge is -2.15. The summed E-state index contributed by atoms with van der Waals surface area (Å²) in [5, 5.41) is 0.446. The maximum absolute atomic E-state index is 12.9. The molecule has 0 spiro atoms. The molecule has 6 rings (SSSR count). The second-order valence-electron chi connectivity index (χ2n) is 11.8. The Morgan fingerprint density at radius 1 is 0.735 bits per heavy atom. The van der Waals surface area contributed by atoms with Crippen molar-refractivity contribution in [2.45, 2.75) is 39.3 Å². The lowest BCUT2D eigenvalue weighted by atomic mass is 9.97. The minimum absolute atomic E-state index is 0.341. The van der Waals surface area contributed by atoms with Gasteiger partial charge in [0.1, 0.15) is 21.1 Å². The van der Waals surface area contributed by atoms with E-state index in [2.05, 4.69) is 11.5 Å². The van der Waals surface area contributed by atoms with E-state index in [0.29, 0.717) is 39.5 Å². The zero-order chi connectivity index (χ0) is 34.5. The van der Waals surface area contributed by atoms with Crippen molar-refractivity contribution < 1.29 is 19.1 Å². The average molecular weight is 690 g/mol. The van der Waals surface area contributed by atoms with Crippen molar-refractivity contribution >= 4 is 46.8 Å². The molecule has 2 heterocycles. The van der Waals surface area contributed by atoms with Gasteiger partial charge in [0.25, 0.3) is 0 Å². The number of carbonyl (C=O) groups excluding carboxylic acids is 2. The highest BCUT2D eigenvalue weighted by Gasteiger charge is 2.20. The fourth-order valence-electron chi connectivity index (χ4n) is 6.12. The molecule has 49 heavy (non-hydrogen) atoms. The summed E-state index contributed by atoms with van der Waals surface area (Å²) in [6.07, 6.45) is 2.71. The number of unbranched alkanes of at least 4 members (excludes halogenated alkanes) is 1. The van der Waals surface area contributed by atoms with Crippen molar-refractivity contribution in [3.63, 3.8) is 0 Å². The maximum Gasteiger partial charge on any atom is 0.338 e. The van der Waals surface area contributed by atoms with E-state index in [1.54, 1.807) is 0 Å². The number of rotatable bonds is 11. The first-order valence-electron chi connectivity index (χ1n) is 16.1. The van der Waals surface area contributed by atoms with Crippen LogP contribution >= 0.6 is 23.8 Å².